The zero-order chi connectivity index (χ0) is 27.6. The van der Waals surface area contributed by atoms with Gasteiger partial charge in [-0.05, 0) is 23.8 Å². The molecule has 2 heterocycles. The maximum atomic E-state index is 13.0. The highest BCUT2D eigenvalue weighted by molar-refractivity contribution is 5.84. The molecule has 0 radical (unpaired) electrons. The first-order valence-electron chi connectivity index (χ1n) is 11.4. The highest BCUT2D eigenvalue weighted by Crippen LogP contribution is 2.34. The number of carboxylic acids is 1. The van der Waals surface area contributed by atoms with E-state index in [1.54, 1.807) is 0 Å². The Morgan fingerprint density at radius 2 is 1.66 bits per heavy atom. The second-order valence-electron chi connectivity index (χ2n) is 8.55. The predicted octanol–water partition coefficient (Wildman–Crippen LogP) is 0.466. The second kappa shape index (κ2) is 11.1. The lowest BCUT2D eigenvalue weighted by molar-refractivity contribution is -0.278. The summed E-state index contributed by atoms with van der Waals surface area (Å²) in [7, 11) is 0. The van der Waals surface area contributed by atoms with Crippen LogP contribution in [0.1, 0.15) is 12.8 Å². The molecule has 0 aliphatic carbocycles. The van der Waals surface area contributed by atoms with Crippen LogP contribution in [0.5, 0.6) is 17.2 Å². The molecule has 2 aromatic carbocycles. The van der Waals surface area contributed by atoms with Crippen molar-refractivity contribution in [3.05, 3.63) is 52.9 Å². The van der Waals surface area contributed by atoms with Crippen LogP contribution in [0.2, 0.25) is 0 Å². The number of phenols is 2. The Labute approximate surface area is 213 Å². The van der Waals surface area contributed by atoms with Gasteiger partial charge in [-0.3, -0.25) is 14.4 Å². The average Bonchev–Trinajstić information content (AvgIpc) is 2.88. The first kappa shape index (κ1) is 26.9. The van der Waals surface area contributed by atoms with E-state index in [0.29, 0.717) is 5.56 Å². The summed E-state index contributed by atoms with van der Waals surface area (Å²) < 4.78 is 21.4. The van der Waals surface area contributed by atoms with Gasteiger partial charge in [-0.1, -0.05) is 12.1 Å². The van der Waals surface area contributed by atoms with Gasteiger partial charge in [0.25, 0.3) is 0 Å². The SMILES string of the molecule is O=C(O)CCC(=O)OC[C@H]1O[C@@H](Oc2cc3occ(-c4ccc(O)cc4)c(=O)c3cc2O)[C@H](O)[C@@H](O)[C@@H]1O. The maximum absolute atomic E-state index is 13.0. The number of esters is 1. The van der Waals surface area contributed by atoms with Gasteiger partial charge in [0.1, 0.15) is 48.6 Å². The molecule has 13 nitrogen and oxygen atoms in total. The Morgan fingerprint density at radius 3 is 2.34 bits per heavy atom. The van der Waals surface area contributed by atoms with E-state index in [2.05, 4.69) is 0 Å². The summed E-state index contributed by atoms with van der Waals surface area (Å²) in [6, 6.07) is 8.10. The fourth-order valence-electron chi connectivity index (χ4n) is 3.81. The number of aliphatic carboxylic acids is 1. The Hall–Kier alpha value is -4.17. The Kier molecular flexibility index (Phi) is 7.83. The molecule has 5 atom stereocenters. The summed E-state index contributed by atoms with van der Waals surface area (Å²) in [6.07, 6.45) is -7.96. The lowest BCUT2D eigenvalue weighted by Gasteiger charge is -2.39. The van der Waals surface area contributed by atoms with Gasteiger partial charge in [0.15, 0.2) is 11.5 Å². The summed E-state index contributed by atoms with van der Waals surface area (Å²) in [5.74, 6) is -2.88. The van der Waals surface area contributed by atoms with Crippen molar-refractivity contribution in [2.24, 2.45) is 0 Å². The van der Waals surface area contributed by atoms with Gasteiger partial charge < -0.3 is 49.3 Å². The normalized spacial score (nSPS) is 23.2. The number of carbonyl (C=O) groups is 2. The Morgan fingerprint density at radius 1 is 0.947 bits per heavy atom. The number of aliphatic hydroxyl groups is 3. The van der Waals surface area contributed by atoms with Gasteiger partial charge in [0.05, 0.1) is 23.8 Å². The number of ether oxygens (including phenoxy) is 3. The third-order valence-electron chi connectivity index (χ3n) is 5.90. The van der Waals surface area contributed by atoms with E-state index in [1.807, 2.05) is 0 Å². The van der Waals surface area contributed by atoms with E-state index >= 15 is 0 Å². The van der Waals surface area contributed by atoms with Crippen molar-refractivity contribution in [3.8, 4) is 28.4 Å². The van der Waals surface area contributed by atoms with Gasteiger partial charge in [-0.15, -0.1) is 0 Å². The molecule has 4 rings (SSSR count). The maximum Gasteiger partial charge on any atom is 0.306 e. The van der Waals surface area contributed by atoms with E-state index < -0.39 is 73.3 Å². The number of carboxylic acid groups (broad SMARTS) is 1. The van der Waals surface area contributed by atoms with Crippen molar-refractivity contribution in [3.63, 3.8) is 0 Å². The summed E-state index contributed by atoms with van der Waals surface area (Å²) >= 11 is 0. The van der Waals surface area contributed by atoms with Crippen molar-refractivity contribution in [1.29, 1.82) is 0 Å². The number of aliphatic hydroxyl groups excluding tert-OH is 3. The molecule has 0 saturated carbocycles. The van der Waals surface area contributed by atoms with Gasteiger partial charge in [-0.25, -0.2) is 0 Å². The van der Waals surface area contributed by atoms with E-state index in [1.165, 1.54) is 36.6 Å². The van der Waals surface area contributed by atoms with Gasteiger partial charge in [0.2, 0.25) is 11.7 Å². The van der Waals surface area contributed by atoms with Crippen LogP contribution in [-0.2, 0) is 19.1 Å². The molecule has 1 saturated heterocycles. The van der Waals surface area contributed by atoms with Gasteiger partial charge in [-0.2, -0.15) is 0 Å². The van der Waals surface area contributed by atoms with Crippen LogP contribution in [0.4, 0.5) is 0 Å². The van der Waals surface area contributed by atoms with Crippen molar-refractivity contribution < 1.29 is 58.9 Å². The number of hydrogen-bond acceptors (Lipinski definition) is 12. The predicted molar refractivity (Wildman–Crippen MR) is 126 cm³/mol. The van der Waals surface area contributed by atoms with Crippen molar-refractivity contribution in [2.45, 2.75) is 43.5 Å². The van der Waals surface area contributed by atoms with Crippen LogP contribution < -0.4 is 10.2 Å². The minimum atomic E-state index is -1.79. The molecule has 3 aromatic rings. The molecule has 1 aliphatic heterocycles. The fourth-order valence-corrected chi connectivity index (χ4v) is 3.81. The largest absolute Gasteiger partial charge is 0.508 e. The summed E-state index contributed by atoms with van der Waals surface area (Å²) in [6.45, 7) is -0.581. The van der Waals surface area contributed by atoms with E-state index in [0.717, 1.165) is 6.07 Å². The first-order valence-corrected chi connectivity index (χ1v) is 11.4. The first-order chi connectivity index (χ1) is 18.0. The average molecular weight is 532 g/mol. The minimum absolute atomic E-state index is 0.00661. The highest BCUT2D eigenvalue weighted by Gasteiger charge is 2.45. The molecule has 0 spiro atoms. The molecule has 0 unspecified atom stereocenters. The lowest BCUT2D eigenvalue weighted by atomic mass is 9.99. The van der Waals surface area contributed by atoms with E-state index in [9.17, 15) is 39.9 Å². The van der Waals surface area contributed by atoms with Crippen LogP contribution in [0, 0.1) is 0 Å². The number of phenolic OH excluding ortho intramolecular Hbond substituents is 2. The topological polar surface area (TPSA) is 213 Å². The zero-order valence-corrected chi connectivity index (χ0v) is 19.6. The van der Waals surface area contributed by atoms with E-state index in [4.69, 9.17) is 23.7 Å². The second-order valence-corrected chi connectivity index (χ2v) is 8.55. The molecular formula is C25H24O13. The van der Waals surface area contributed by atoms with Crippen molar-refractivity contribution >= 4 is 22.9 Å². The number of aromatic hydroxyl groups is 2. The smallest absolute Gasteiger partial charge is 0.306 e. The van der Waals surface area contributed by atoms with Gasteiger partial charge in [0, 0.05) is 6.07 Å². The quantitative estimate of drug-likeness (QED) is 0.218. The zero-order valence-electron chi connectivity index (χ0n) is 19.6. The summed E-state index contributed by atoms with van der Waals surface area (Å²) in [4.78, 5) is 35.2. The number of benzene rings is 2. The number of fused-ring (bicyclic) bond motifs is 1. The molecule has 1 aromatic heterocycles. The van der Waals surface area contributed by atoms with E-state index in [-0.39, 0.29) is 28.0 Å². The molecular weight excluding hydrogens is 508 g/mol. The Bertz CT molecular complexity index is 1380. The summed E-state index contributed by atoms with van der Waals surface area (Å²) in [5.41, 5.74) is 0.185. The summed E-state index contributed by atoms with van der Waals surface area (Å²) in [5, 5.41) is 59.4. The molecule has 1 aliphatic rings. The molecule has 0 bridgehead atoms. The van der Waals surface area contributed by atoms with Crippen molar-refractivity contribution in [1.82, 2.24) is 0 Å². The van der Waals surface area contributed by atoms with Crippen LogP contribution in [0.3, 0.4) is 0 Å². The molecule has 6 N–H and O–H groups in total. The van der Waals surface area contributed by atoms with Gasteiger partial charge >= 0.3 is 11.9 Å². The minimum Gasteiger partial charge on any atom is -0.508 e. The van der Waals surface area contributed by atoms with Crippen LogP contribution in [0.15, 0.2) is 51.9 Å². The van der Waals surface area contributed by atoms with Crippen LogP contribution in [-0.4, -0.2) is 79.9 Å². The molecule has 0 amide bonds. The van der Waals surface area contributed by atoms with Crippen LogP contribution >= 0.6 is 0 Å². The van der Waals surface area contributed by atoms with Crippen molar-refractivity contribution in [2.75, 3.05) is 6.61 Å². The Balaban J connectivity index is 1.53. The highest BCUT2D eigenvalue weighted by atomic mass is 16.7. The number of hydrogen-bond donors (Lipinski definition) is 6. The molecule has 38 heavy (non-hydrogen) atoms. The van der Waals surface area contributed by atoms with Crippen LogP contribution in [0.25, 0.3) is 22.1 Å². The standard InChI is InChI=1S/C25H24O13/c26-12-3-1-11(2-4-12)14-9-35-16-8-17(15(27)7-13(16)21(14)31)37-25-24(34)23(33)22(32)18(38-25)10-36-20(30)6-5-19(28)29/h1-4,7-9,18,22-27,32-34H,5-6,10H2,(H,28,29)/t18-,22-,23+,24-,25-/m1/s1. The molecule has 13 heteroatoms. The third-order valence-corrected chi connectivity index (χ3v) is 5.90. The fraction of sp³-hybridized carbons (Fsp3) is 0.320. The molecule has 1 fully saturated rings. The number of carbonyl (C=O) groups excluding carboxylic acids is 1. The monoisotopic (exact) mass is 532 g/mol. The number of rotatable bonds is 8. The lowest BCUT2D eigenvalue weighted by Crippen LogP contribution is -2.60. The molecule has 202 valence electrons. The third kappa shape index (κ3) is 5.70.